The number of aromatic amines is 1. The van der Waals surface area contributed by atoms with Crippen LogP contribution >= 0.6 is 35.3 Å². The molecular weight excluding hydrogens is 430 g/mol. The molecule has 0 spiro atoms. The van der Waals surface area contributed by atoms with Gasteiger partial charge in [0.15, 0.2) is 11.5 Å². The number of rotatable bonds is 7. The highest BCUT2D eigenvalue weighted by molar-refractivity contribution is 8.22. The molecule has 2 heterocycles. The van der Waals surface area contributed by atoms with Crippen molar-refractivity contribution >= 4 is 49.9 Å². The number of hydrogen-bond acceptors (Lipinski definition) is 8. The lowest BCUT2D eigenvalue weighted by Crippen LogP contribution is -2.18. The monoisotopic (exact) mass is 451 g/mol. The number of benzene rings is 1. The summed E-state index contributed by atoms with van der Waals surface area (Å²) in [5.74, 6) is 2.80. The van der Waals surface area contributed by atoms with Crippen molar-refractivity contribution in [1.82, 2.24) is 15.3 Å². The SMILES string of the molecule is COc1cc(CNC(=S)SCc2nc3sc(C)cc3c(=O)[nH]2)cc(OC)c1OC. The Morgan fingerprint density at radius 3 is 2.52 bits per heavy atom. The second-order valence-corrected chi connectivity index (χ2v) is 8.94. The Kier molecular flexibility index (Phi) is 6.99. The molecule has 10 heteroatoms. The molecule has 3 rings (SSSR count). The van der Waals surface area contributed by atoms with Crippen LogP contribution in [0.4, 0.5) is 0 Å². The summed E-state index contributed by atoms with van der Waals surface area (Å²) < 4.78 is 16.7. The van der Waals surface area contributed by atoms with Crippen molar-refractivity contribution < 1.29 is 14.2 Å². The topological polar surface area (TPSA) is 85.5 Å². The molecule has 0 amide bonds. The maximum atomic E-state index is 12.2. The van der Waals surface area contributed by atoms with Crippen molar-refractivity contribution in [2.24, 2.45) is 0 Å². The Hall–Kier alpha value is -2.30. The Bertz CT molecular complexity index is 1070. The lowest BCUT2D eigenvalue weighted by molar-refractivity contribution is 0.323. The molecule has 0 atom stereocenters. The molecule has 2 N–H and O–H groups in total. The number of thiophene rings is 1. The first-order valence-electron chi connectivity index (χ1n) is 8.64. The molecule has 154 valence electrons. The number of thiocarbonyl (C=S) groups is 1. The average molecular weight is 452 g/mol. The molecule has 29 heavy (non-hydrogen) atoms. The Morgan fingerprint density at radius 1 is 1.21 bits per heavy atom. The van der Waals surface area contributed by atoms with Gasteiger partial charge in [0.1, 0.15) is 15.0 Å². The van der Waals surface area contributed by atoms with Crippen LogP contribution in [0.15, 0.2) is 23.0 Å². The van der Waals surface area contributed by atoms with E-state index in [1.54, 1.807) is 21.3 Å². The first-order chi connectivity index (χ1) is 13.9. The zero-order valence-electron chi connectivity index (χ0n) is 16.5. The van der Waals surface area contributed by atoms with E-state index in [1.165, 1.54) is 23.1 Å². The highest BCUT2D eigenvalue weighted by atomic mass is 32.2. The lowest BCUT2D eigenvalue weighted by Gasteiger charge is -2.15. The number of ether oxygens (including phenoxy) is 3. The van der Waals surface area contributed by atoms with Crippen LogP contribution in [-0.4, -0.2) is 35.6 Å². The van der Waals surface area contributed by atoms with E-state index in [2.05, 4.69) is 15.3 Å². The molecule has 0 unspecified atom stereocenters. The maximum absolute atomic E-state index is 12.2. The van der Waals surface area contributed by atoms with E-state index in [4.69, 9.17) is 26.4 Å². The number of aromatic nitrogens is 2. The molecule has 7 nitrogen and oxygen atoms in total. The van der Waals surface area contributed by atoms with Crippen LogP contribution in [0, 0.1) is 6.92 Å². The Labute approximate surface area is 181 Å². The highest BCUT2D eigenvalue weighted by Gasteiger charge is 2.13. The number of fused-ring (bicyclic) bond motifs is 1. The van der Waals surface area contributed by atoms with Crippen molar-refractivity contribution in [3.63, 3.8) is 0 Å². The van der Waals surface area contributed by atoms with E-state index in [-0.39, 0.29) is 5.56 Å². The number of methoxy groups -OCH3 is 3. The number of hydrogen-bond donors (Lipinski definition) is 2. The van der Waals surface area contributed by atoms with Crippen molar-refractivity contribution in [2.45, 2.75) is 19.2 Å². The van der Waals surface area contributed by atoms with Crippen LogP contribution in [0.5, 0.6) is 17.2 Å². The molecule has 0 bridgehead atoms. The smallest absolute Gasteiger partial charge is 0.259 e. The molecule has 1 aromatic carbocycles. The van der Waals surface area contributed by atoms with Gasteiger partial charge in [-0.15, -0.1) is 11.3 Å². The summed E-state index contributed by atoms with van der Waals surface area (Å²) in [7, 11) is 4.72. The van der Waals surface area contributed by atoms with Gasteiger partial charge in [-0.1, -0.05) is 24.0 Å². The molecular formula is C19H21N3O4S3. The molecule has 0 saturated heterocycles. The second kappa shape index (κ2) is 9.47. The zero-order valence-corrected chi connectivity index (χ0v) is 18.9. The van der Waals surface area contributed by atoms with E-state index in [1.807, 2.05) is 25.1 Å². The van der Waals surface area contributed by atoms with Crippen molar-refractivity contribution in [3.8, 4) is 17.2 Å². The summed E-state index contributed by atoms with van der Waals surface area (Å²) in [5, 5.41) is 3.82. The van der Waals surface area contributed by atoms with Crippen LogP contribution in [0.1, 0.15) is 16.3 Å². The minimum Gasteiger partial charge on any atom is -0.493 e. The molecule has 0 radical (unpaired) electrons. The molecule has 0 fully saturated rings. The highest BCUT2D eigenvalue weighted by Crippen LogP contribution is 2.38. The molecule has 2 aromatic heterocycles. The van der Waals surface area contributed by atoms with Gasteiger partial charge >= 0.3 is 0 Å². The standard InChI is InChI=1S/C19H21N3O4S3/c1-10-5-12-17(23)21-15(22-18(12)29-10)9-28-19(27)20-8-11-6-13(24-2)16(26-4)14(7-11)25-3/h5-7H,8-9H2,1-4H3,(H,20,27)(H,21,22,23). The van der Waals surface area contributed by atoms with Gasteiger partial charge in [-0.25, -0.2) is 4.98 Å². The minimum atomic E-state index is -0.119. The minimum absolute atomic E-state index is 0.119. The van der Waals surface area contributed by atoms with Crippen LogP contribution in [0.3, 0.4) is 0 Å². The van der Waals surface area contributed by atoms with Crippen LogP contribution in [-0.2, 0) is 12.3 Å². The van der Waals surface area contributed by atoms with Crippen molar-refractivity contribution in [3.05, 3.63) is 44.8 Å². The summed E-state index contributed by atoms with van der Waals surface area (Å²) in [4.78, 5) is 21.3. The van der Waals surface area contributed by atoms with E-state index in [0.29, 0.717) is 45.1 Å². The summed E-state index contributed by atoms with van der Waals surface area (Å²) >= 11 is 8.32. The van der Waals surface area contributed by atoms with Gasteiger partial charge in [-0.05, 0) is 30.7 Å². The number of nitrogens with zero attached hydrogens (tertiary/aromatic N) is 1. The molecule has 3 aromatic rings. The van der Waals surface area contributed by atoms with E-state index in [9.17, 15) is 4.79 Å². The van der Waals surface area contributed by atoms with Crippen molar-refractivity contribution in [2.75, 3.05) is 21.3 Å². The van der Waals surface area contributed by atoms with E-state index < -0.39 is 0 Å². The first kappa shape index (κ1) is 21.4. The summed E-state index contributed by atoms with van der Waals surface area (Å²) in [5.41, 5.74) is 0.815. The van der Waals surface area contributed by atoms with Gasteiger partial charge in [-0.2, -0.15) is 0 Å². The predicted molar refractivity (Wildman–Crippen MR) is 122 cm³/mol. The number of H-pyrrole nitrogens is 1. The number of nitrogens with one attached hydrogen (secondary N) is 2. The summed E-state index contributed by atoms with van der Waals surface area (Å²) in [6.07, 6.45) is 0. The van der Waals surface area contributed by atoms with Crippen LogP contribution in [0.2, 0.25) is 0 Å². The third-order valence-electron chi connectivity index (χ3n) is 4.08. The average Bonchev–Trinajstić information content (AvgIpc) is 3.10. The maximum Gasteiger partial charge on any atom is 0.259 e. The quantitative estimate of drug-likeness (QED) is 0.527. The normalized spacial score (nSPS) is 10.8. The fourth-order valence-corrected chi connectivity index (χ4v) is 4.49. The van der Waals surface area contributed by atoms with Crippen LogP contribution in [0.25, 0.3) is 10.2 Å². The van der Waals surface area contributed by atoms with E-state index in [0.717, 1.165) is 15.3 Å². The molecule has 0 aliphatic rings. The van der Waals surface area contributed by atoms with Gasteiger partial charge < -0.3 is 24.5 Å². The predicted octanol–water partition coefficient (Wildman–Crippen LogP) is 3.63. The molecule has 0 aliphatic heterocycles. The van der Waals surface area contributed by atoms with Gasteiger partial charge in [0.25, 0.3) is 5.56 Å². The van der Waals surface area contributed by atoms with Gasteiger partial charge in [0.2, 0.25) is 5.75 Å². The van der Waals surface area contributed by atoms with Gasteiger partial charge in [0, 0.05) is 11.4 Å². The summed E-state index contributed by atoms with van der Waals surface area (Å²) in [6.45, 7) is 2.46. The van der Waals surface area contributed by atoms with Gasteiger partial charge in [0.05, 0.1) is 32.5 Å². The number of thioether (sulfide) groups is 1. The van der Waals surface area contributed by atoms with Crippen LogP contribution < -0.4 is 25.1 Å². The van der Waals surface area contributed by atoms with Crippen molar-refractivity contribution in [1.29, 1.82) is 0 Å². The first-order valence-corrected chi connectivity index (χ1v) is 10.8. The Balaban J connectivity index is 1.62. The largest absolute Gasteiger partial charge is 0.493 e. The summed E-state index contributed by atoms with van der Waals surface area (Å²) in [6, 6.07) is 5.59. The third kappa shape index (κ3) is 5.01. The number of aryl methyl sites for hydroxylation is 1. The Morgan fingerprint density at radius 2 is 1.90 bits per heavy atom. The second-order valence-electron chi connectivity index (χ2n) is 6.05. The lowest BCUT2D eigenvalue weighted by atomic mass is 10.2. The van der Waals surface area contributed by atoms with Gasteiger partial charge in [-0.3, -0.25) is 4.79 Å². The fraction of sp³-hybridized carbons (Fsp3) is 0.316. The fourth-order valence-electron chi connectivity index (χ4n) is 2.76. The van der Waals surface area contributed by atoms with E-state index >= 15 is 0 Å². The zero-order chi connectivity index (χ0) is 21.0. The molecule has 0 saturated carbocycles. The molecule has 0 aliphatic carbocycles. The third-order valence-corrected chi connectivity index (χ3v) is 6.34.